The first-order valence-corrected chi connectivity index (χ1v) is 43.2. The van der Waals surface area contributed by atoms with Crippen LogP contribution in [0.25, 0.3) is 0 Å². The largest absolute Gasteiger partial charge is 0.0625 e. The molecule has 3 rings (SSSR count). The summed E-state index contributed by atoms with van der Waals surface area (Å²) in [5, 5.41) is 0. The number of rotatable bonds is 4. The Labute approximate surface area is 572 Å². The van der Waals surface area contributed by atoms with Crippen LogP contribution in [0.5, 0.6) is 0 Å². The van der Waals surface area contributed by atoms with E-state index in [4.69, 9.17) is 0 Å². The van der Waals surface area contributed by atoms with Crippen LogP contribution in [0, 0.1) is 136 Å². The minimum absolute atomic E-state index is 0.779. The zero-order valence-corrected chi connectivity index (χ0v) is 66.2. The summed E-state index contributed by atoms with van der Waals surface area (Å²) in [5.74, 6) is 19.1. The van der Waals surface area contributed by atoms with Crippen molar-refractivity contribution in [2.24, 2.45) is 136 Å². The molecule has 22 atom stereocenters. The lowest BCUT2D eigenvalue weighted by Gasteiger charge is -2.40. The van der Waals surface area contributed by atoms with Crippen LogP contribution in [0.4, 0.5) is 0 Å². The lowest BCUT2D eigenvalue weighted by molar-refractivity contribution is 0.0873. The highest BCUT2D eigenvalue weighted by Gasteiger charge is 2.36. The molecule has 0 heterocycles. The first-order valence-electron chi connectivity index (χ1n) is 43.2. The molecule has 0 saturated heterocycles. The normalized spacial score (nSPS) is 40.8. The molecule has 3 saturated carbocycles. The average Bonchev–Trinajstić information content (AvgIpc) is 2.77. The summed E-state index contributed by atoms with van der Waals surface area (Å²) in [6.45, 7) is 50.2. The van der Waals surface area contributed by atoms with Crippen molar-refractivity contribution < 1.29 is 0 Å². The minimum atomic E-state index is 0.779. The second-order valence-electron chi connectivity index (χ2n) is 36.3. The van der Waals surface area contributed by atoms with Gasteiger partial charge in [0.25, 0.3) is 0 Å². The highest BCUT2D eigenvalue weighted by atomic mass is 14.4. The van der Waals surface area contributed by atoms with Gasteiger partial charge in [0.2, 0.25) is 0 Å². The van der Waals surface area contributed by atoms with Crippen LogP contribution in [0.15, 0.2) is 0 Å². The van der Waals surface area contributed by atoms with Gasteiger partial charge in [-0.25, -0.2) is 0 Å². The van der Waals surface area contributed by atoms with E-state index in [-0.39, 0.29) is 0 Å². The highest BCUT2D eigenvalue weighted by Crippen LogP contribution is 2.45. The molecule has 3 aliphatic carbocycles. The summed E-state index contributed by atoms with van der Waals surface area (Å²) in [5.41, 5.74) is 0. The van der Waals surface area contributed by atoms with Crippen molar-refractivity contribution in [3.8, 4) is 0 Å². The van der Waals surface area contributed by atoms with E-state index >= 15 is 0 Å². The monoisotopic (exact) mass is 1260 g/mol. The SMILES string of the molecule is CC1CCCC(CC2CCCCCCCCCCCCCCCCC(C)C(C)C(C)C(C)C(C)C(C)C(C)C(C)C(C)CCC2)CCC(CC2CCCCCCCCCCCCCCCCC(C)C(C)C(C)C(C)C(C)C(C)C(C)C(C)C(C)CCC2)CCC1. The Morgan fingerprint density at radius 1 is 0.133 bits per heavy atom. The molecule has 0 aromatic rings. The fourth-order valence-electron chi connectivity index (χ4n) is 20.0. The van der Waals surface area contributed by atoms with Gasteiger partial charge in [0.15, 0.2) is 0 Å². The Kier molecular flexibility index (Phi) is 47.1. The predicted octanol–water partition coefficient (Wildman–Crippen LogP) is 31.3. The molecular weight excluding hydrogens is 1080 g/mol. The first kappa shape index (κ1) is 84.2. The Balaban J connectivity index is 1.77. The van der Waals surface area contributed by atoms with Gasteiger partial charge in [0, 0.05) is 0 Å². The molecule has 0 aromatic heterocycles. The van der Waals surface area contributed by atoms with Gasteiger partial charge >= 0.3 is 0 Å². The lowest BCUT2D eigenvalue weighted by Crippen LogP contribution is -2.33. The molecule has 0 aliphatic heterocycles. The van der Waals surface area contributed by atoms with Crippen molar-refractivity contribution >= 4 is 0 Å². The maximum Gasteiger partial charge on any atom is -0.0386 e. The van der Waals surface area contributed by atoms with Gasteiger partial charge in [-0.1, -0.05) is 427 Å². The van der Waals surface area contributed by atoms with Crippen LogP contribution in [-0.4, -0.2) is 0 Å². The fraction of sp³-hybridized carbons (Fsp3) is 1.00. The van der Waals surface area contributed by atoms with Crippen molar-refractivity contribution in [2.45, 2.75) is 440 Å². The van der Waals surface area contributed by atoms with E-state index < -0.39 is 0 Å². The Morgan fingerprint density at radius 3 is 0.500 bits per heavy atom. The van der Waals surface area contributed by atoms with Crippen molar-refractivity contribution in [1.29, 1.82) is 0 Å². The second kappa shape index (κ2) is 50.3. The van der Waals surface area contributed by atoms with E-state index in [9.17, 15) is 0 Å². The molecule has 0 amide bonds. The van der Waals surface area contributed by atoms with E-state index in [1.54, 1.807) is 12.8 Å². The van der Waals surface area contributed by atoms with Gasteiger partial charge in [-0.3, -0.25) is 0 Å². The molecule has 0 N–H and O–H groups in total. The predicted molar refractivity (Wildman–Crippen MR) is 410 cm³/mol. The molecule has 0 bridgehead atoms. The highest BCUT2D eigenvalue weighted by molar-refractivity contribution is 4.86. The third kappa shape index (κ3) is 34.5. The number of hydrogen-bond donors (Lipinski definition) is 0. The smallest absolute Gasteiger partial charge is 0.0386 e. The quantitative estimate of drug-likeness (QED) is 0.263. The van der Waals surface area contributed by atoms with Gasteiger partial charge in [0.05, 0.1) is 0 Å². The lowest BCUT2D eigenvalue weighted by atomic mass is 9.65. The summed E-state index contributed by atoms with van der Waals surface area (Å²) >= 11 is 0. The molecule has 0 nitrogen and oxygen atoms in total. The Bertz CT molecular complexity index is 1490. The third-order valence-electron chi connectivity index (χ3n) is 30.1. The molecule has 0 spiro atoms. The molecule has 90 heavy (non-hydrogen) atoms. The maximum atomic E-state index is 2.67. The van der Waals surface area contributed by atoms with Crippen LogP contribution < -0.4 is 0 Å². The summed E-state index contributed by atoms with van der Waals surface area (Å²) in [6.07, 6.45) is 71.3. The Morgan fingerprint density at radius 2 is 0.278 bits per heavy atom. The summed E-state index contributed by atoms with van der Waals surface area (Å²) in [6, 6.07) is 0. The third-order valence-corrected chi connectivity index (χ3v) is 30.1. The van der Waals surface area contributed by atoms with Crippen LogP contribution in [0.3, 0.4) is 0 Å². The molecule has 536 valence electrons. The van der Waals surface area contributed by atoms with Crippen molar-refractivity contribution in [1.82, 2.24) is 0 Å². The minimum Gasteiger partial charge on any atom is -0.0625 e. The molecule has 3 fully saturated rings. The summed E-state index contributed by atoms with van der Waals surface area (Å²) in [7, 11) is 0. The van der Waals surface area contributed by atoms with Crippen LogP contribution in [0.2, 0.25) is 0 Å². The topological polar surface area (TPSA) is 0 Å². The van der Waals surface area contributed by atoms with Crippen LogP contribution in [0.1, 0.15) is 440 Å². The van der Waals surface area contributed by atoms with Crippen molar-refractivity contribution in [3.63, 3.8) is 0 Å². The molecule has 22 unspecified atom stereocenters. The molecule has 0 heteroatoms. The van der Waals surface area contributed by atoms with E-state index in [1.165, 1.54) is 295 Å². The van der Waals surface area contributed by atoms with Gasteiger partial charge in [-0.05, 0) is 149 Å². The standard InChI is InChI=1S/C90H176/c1-68-52-48-60-89(66-87-58-46-42-38-34-30-26-22-20-24-28-32-36-40-44-54-69(2)73(6)77(10)81(14)85(18)83(16)79(12)75(8)71(4)56-50-62-87)64-65-90(61-49-53-68)67-88-59-47-43-39-35-31-27-23-21-25-29-33-37-41-45-55-70(3)74(7)78(11)82(15)86(19)84(17)80(13)76(9)72(5)57-51-63-88/h68-90H,20-67H2,1-19H3. The van der Waals surface area contributed by atoms with E-state index in [2.05, 4.69) is 132 Å². The number of hydrogen-bond acceptors (Lipinski definition) is 0. The van der Waals surface area contributed by atoms with Gasteiger partial charge in [-0.2, -0.15) is 0 Å². The maximum absolute atomic E-state index is 2.67. The summed E-state index contributed by atoms with van der Waals surface area (Å²) in [4.78, 5) is 0. The van der Waals surface area contributed by atoms with Crippen molar-refractivity contribution in [2.75, 3.05) is 0 Å². The van der Waals surface area contributed by atoms with E-state index in [0.717, 1.165) is 136 Å². The fourth-order valence-corrected chi connectivity index (χ4v) is 20.0. The first-order chi connectivity index (χ1) is 43.2. The van der Waals surface area contributed by atoms with Gasteiger partial charge in [-0.15, -0.1) is 0 Å². The second-order valence-corrected chi connectivity index (χ2v) is 36.3. The summed E-state index contributed by atoms with van der Waals surface area (Å²) < 4.78 is 0. The molecule has 0 aromatic carbocycles. The average molecular weight is 1260 g/mol. The van der Waals surface area contributed by atoms with Gasteiger partial charge < -0.3 is 0 Å². The Hall–Kier alpha value is 0. The van der Waals surface area contributed by atoms with E-state index in [0.29, 0.717) is 0 Å². The van der Waals surface area contributed by atoms with Crippen LogP contribution >= 0.6 is 0 Å². The van der Waals surface area contributed by atoms with Crippen LogP contribution in [-0.2, 0) is 0 Å². The van der Waals surface area contributed by atoms with Gasteiger partial charge in [0.1, 0.15) is 0 Å². The van der Waals surface area contributed by atoms with Crippen molar-refractivity contribution in [3.05, 3.63) is 0 Å². The zero-order chi connectivity index (χ0) is 66.2. The molecule has 3 aliphatic rings. The molecule has 0 radical (unpaired) electrons. The molecular formula is C90H176. The zero-order valence-electron chi connectivity index (χ0n) is 66.2. The van der Waals surface area contributed by atoms with E-state index in [1.807, 2.05) is 0 Å².